The van der Waals surface area contributed by atoms with Gasteiger partial charge in [0.05, 0.1) is 0 Å². The predicted octanol–water partition coefficient (Wildman–Crippen LogP) is 2.38. The van der Waals surface area contributed by atoms with Gasteiger partial charge in [0.1, 0.15) is 5.75 Å². The smallest absolute Gasteiger partial charge is 0.414 e. The first kappa shape index (κ1) is 19.7. The molecule has 0 saturated heterocycles. The maximum atomic E-state index is 11.7. The van der Waals surface area contributed by atoms with E-state index in [0.29, 0.717) is 12.3 Å². The maximum absolute atomic E-state index is 11.7. The molecule has 0 fully saturated rings. The summed E-state index contributed by atoms with van der Waals surface area (Å²) >= 11 is 0. The molecule has 0 saturated carbocycles. The largest absolute Gasteiger partial charge is 0.465 e. The van der Waals surface area contributed by atoms with Gasteiger partial charge >= 0.3 is 12.2 Å². The van der Waals surface area contributed by atoms with Crippen LogP contribution in [0, 0.1) is 0 Å². The SMILES string of the molecule is CCN(C)C(=O)Oc1cccc([C@H](C)N(C)C)c1.NC(=O)O. The number of carbonyl (C=O) groups excluding carboxylic acids is 1. The average Bonchev–Trinajstić information content (AvgIpc) is 2.45. The Morgan fingerprint density at radius 3 is 2.32 bits per heavy atom. The second-order valence-corrected chi connectivity index (χ2v) is 4.93. The van der Waals surface area contributed by atoms with Crippen LogP contribution in [0.5, 0.6) is 5.75 Å². The summed E-state index contributed by atoms with van der Waals surface area (Å²) in [5.74, 6) is 0.589. The number of carbonyl (C=O) groups is 2. The number of hydrogen-bond donors (Lipinski definition) is 2. The summed E-state index contributed by atoms with van der Waals surface area (Å²) in [5.41, 5.74) is 5.16. The Bertz CT molecular complexity index is 487. The molecule has 1 atom stereocenters. The first-order valence-corrected chi connectivity index (χ1v) is 6.86. The van der Waals surface area contributed by atoms with Crippen molar-refractivity contribution in [3.05, 3.63) is 29.8 Å². The van der Waals surface area contributed by atoms with Crippen molar-refractivity contribution < 1.29 is 19.4 Å². The maximum Gasteiger partial charge on any atom is 0.414 e. The van der Waals surface area contributed by atoms with Crippen LogP contribution in [0.1, 0.15) is 25.5 Å². The lowest BCUT2D eigenvalue weighted by Gasteiger charge is -2.21. The van der Waals surface area contributed by atoms with Gasteiger partial charge in [0, 0.05) is 19.6 Å². The number of rotatable bonds is 4. The number of nitrogens with zero attached hydrogens (tertiary/aromatic N) is 2. The van der Waals surface area contributed by atoms with E-state index in [0.717, 1.165) is 5.56 Å². The van der Waals surface area contributed by atoms with Crippen LogP contribution < -0.4 is 10.5 Å². The van der Waals surface area contributed by atoms with Crippen molar-refractivity contribution in [2.45, 2.75) is 19.9 Å². The van der Waals surface area contributed by atoms with E-state index < -0.39 is 6.09 Å². The van der Waals surface area contributed by atoms with Crippen molar-refractivity contribution in [1.29, 1.82) is 0 Å². The van der Waals surface area contributed by atoms with E-state index in [1.165, 1.54) is 4.90 Å². The minimum atomic E-state index is -1.33. The topological polar surface area (TPSA) is 96.1 Å². The molecule has 7 heteroatoms. The third-order valence-electron chi connectivity index (χ3n) is 3.11. The Morgan fingerprint density at radius 2 is 1.86 bits per heavy atom. The summed E-state index contributed by atoms with van der Waals surface area (Å²) in [5, 5.41) is 7.19. The Labute approximate surface area is 131 Å². The van der Waals surface area contributed by atoms with Gasteiger partial charge in [-0.3, -0.25) is 0 Å². The molecule has 0 aliphatic rings. The molecule has 1 aromatic rings. The molecule has 0 heterocycles. The van der Waals surface area contributed by atoms with Gasteiger partial charge in [0.15, 0.2) is 0 Å². The van der Waals surface area contributed by atoms with Gasteiger partial charge in [-0.2, -0.15) is 0 Å². The molecule has 0 aromatic heterocycles. The molecule has 0 aliphatic heterocycles. The summed E-state index contributed by atoms with van der Waals surface area (Å²) < 4.78 is 5.31. The van der Waals surface area contributed by atoms with E-state index in [9.17, 15) is 4.79 Å². The van der Waals surface area contributed by atoms with Gasteiger partial charge in [0.2, 0.25) is 0 Å². The molecule has 0 spiro atoms. The summed E-state index contributed by atoms with van der Waals surface area (Å²) in [4.78, 5) is 24.1. The fourth-order valence-electron chi connectivity index (χ4n) is 1.44. The Balaban J connectivity index is 0.000000980. The van der Waals surface area contributed by atoms with Crippen LogP contribution in [0.4, 0.5) is 9.59 Å². The van der Waals surface area contributed by atoms with Crippen LogP contribution in [0.25, 0.3) is 0 Å². The van der Waals surface area contributed by atoms with E-state index in [2.05, 4.69) is 17.6 Å². The molecular weight excluding hydrogens is 286 g/mol. The molecule has 1 aromatic carbocycles. The molecule has 7 nitrogen and oxygen atoms in total. The third-order valence-corrected chi connectivity index (χ3v) is 3.11. The minimum absolute atomic E-state index is 0.285. The third kappa shape index (κ3) is 7.49. The lowest BCUT2D eigenvalue weighted by atomic mass is 10.1. The van der Waals surface area contributed by atoms with Crippen molar-refractivity contribution in [2.75, 3.05) is 27.7 Å². The second kappa shape index (κ2) is 9.62. The highest BCUT2D eigenvalue weighted by Gasteiger charge is 2.12. The molecular formula is C15H25N3O4. The predicted molar refractivity (Wildman–Crippen MR) is 85.1 cm³/mol. The fourth-order valence-corrected chi connectivity index (χ4v) is 1.44. The normalized spacial score (nSPS) is 11.2. The van der Waals surface area contributed by atoms with E-state index in [1.807, 2.05) is 39.2 Å². The lowest BCUT2D eigenvalue weighted by Crippen LogP contribution is -2.29. The van der Waals surface area contributed by atoms with E-state index in [1.54, 1.807) is 13.1 Å². The number of primary amides is 1. The van der Waals surface area contributed by atoms with Crippen LogP contribution in [-0.4, -0.2) is 54.8 Å². The zero-order chi connectivity index (χ0) is 17.3. The Morgan fingerprint density at radius 1 is 1.32 bits per heavy atom. The quantitative estimate of drug-likeness (QED) is 0.890. The summed E-state index contributed by atoms with van der Waals surface area (Å²) in [6.45, 7) is 4.65. The Hall–Kier alpha value is -2.28. The zero-order valence-corrected chi connectivity index (χ0v) is 13.7. The van der Waals surface area contributed by atoms with Gasteiger partial charge in [-0.25, -0.2) is 9.59 Å². The number of nitrogens with two attached hydrogens (primary N) is 1. The Kier molecular flexibility index (Phi) is 8.62. The van der Waals surface area contributed by atoms with Crippen LogP contribution in [0.2, 0.25) is 0 Å². The van der Waals surface area contributed by atoms with Crippen LogP contribution >= 0.6 is 0 Å². The number of benzene rings is 1. The molecule has 22 heavy (non-hydrogen) atoms. The van der Waals surface area contributed by atoms with Crippen molar-refractivity contribution in [1.82, 2.24) is 9.80 Å². The monoisotopic (exact) mass is 311 g/mol. The molecule has 3 N–H and O–H groups in total. The standard InChI is InChI=1S/C14H22N2O2.CH3NO2/c1-6-16(5)14(17)18-13-9-7-8-12(10-13)11(2)15(3)4;2-1(3)4/h7-11H,6H2,1-5H3;2H2,(H,3,4)/t11-;/m0./s1. The number of amides is 2. The molecule has 0 bridgehead atoms. The molecule has 0 unspecified atom stereocenters. The van der Waals surface area contributed by atoms with Gasteiger partial charge in [-0.05, 0) is 45.6 Å². The first-order valence-electron chi connectivity index (χ1n) is 6.86. The van der Waals surface area contributed by atoms with Gasteiger partial charge < -0.3 is 25.4 Å². The molecule has 2 amide bonds. The highest BCUT2D eigenvalue weighted by Crippen LogP contribution is 2.22. The number of hydrogen-bond acceptors (Lipinski definition) is 4. The molecule has 1 rings (SSSR count). The number of carboxylic acid groups (broad SMARTS) is 1. The number of ether oxygens (including phenoxy) is 1. The zero-order valence-electron chi connectivity index (χ0n) is 13.7. The minimum Gasteiger partial charge on any atom is -0.465 e. The highest BCUT2D eigenvalue weighted by atomic mass is 16.6. The highest BCUT2D eigenvalue weighted by molar-refractivity contribution is 5.70. The molecule has 0 aliphatic carbocycles. The van der Waals surface area contributed by atoms with Crippen molar-refractivity contribution in [2.24, 2.45) is 5.73 Å². The van der Waals surface area contributed by atoms with Crippen LogP contribution in [0.3, 0.4) is 0 Å². The van der Waals surface area contributed by atoms with Crippen molar-refractivity contribution in [3.63, 3.8) is 0 Å². The summed E-state index contributed by atoms with van der Waals surface area (Å²) in [7, 11) is 5.76. The average molecular weight is 311 g/mol. The second-order valence-electron chi connectivity index (χ2n) is 4.93. The van der Waals surface area contributed by atoms with Gasteiger partial charge in [-0.15, -0.1) is 0 Å². The van der Waals surface area contributed by atoms with E-state index >= 15 is 0 Å². The lowest BCUT2D eigenvalue weighted by molar-refractivity contribution is 0.165. The first-order chi connectivity index (χ1) is 10.2. The van der Waals surface area contributed by atoms with Crippen LogP contribution in [-0.2, 0) is 0 Å². The van der Waals surface area contributed by atoms with Gasteiger partial charge in [-0.1, -0.05) is 12.1 Å². The van der Waals surface area contributed by atoms with E-state index in [-0.39, 0.29) is 12.1 Å². The van der Waals surface area contributed by atoms with Crippen LogP contribution in [0.15, 0.2) is 24.3 Å². The summed E-state index contributed by atoms with van der Waals surface area (Å²) in [6.07, 6.45) is -1.66. The fraction of sp³-hybridized carbons (Fsp3) is 0.467. The molecule has 124 valence electrons. The van der Waals surface area contributed by atoms with E-state index in [4.69, 9.17) is 14.6 Å². The van der Waals surface area contributed by atoms with Crippen molar-refractivity contribution in [3.8, 4) is 5.75 Å². The summed E-state index contributed by atoms with van der Waals surface area (Å²) in [6, 6.07) is 7.93. The van der Waals surface area contributed by atoms with Gasteiger partial charge in [0.25, 0.3) is 0 Å². The molecule has 0 radical (unpaired) electrons. The van der Waals surface area contributed by atoms with Crippen molar-refractivity contribution >= 4 is 12.2 Å².